The van der Waals surface area contributed by atoms with Gasteiger partial charge in [0.1, 0.15) is 0 Å². The van der Waals surface area contributed by atoms with Crippen LogP contribution in [0.25, 0.3) is 0 Å². The molecule has 17 heavy (non-hydrogen) atoms. The lowest BCUT2D eigenvalue weighted by atomic mass is 9.97. The van der Waals surface area contributed by atoms with Gasteiger partial charge in [0, 0.05) is 25.0 Å². The number of hydrogen-bond donors (Lipinski definition) is 2. The number of urea groups is 1. The molecule has 1 saturated heterocycles. The molecule has 2 amide bonds. The van der Waals surface area contributed by atoms with E-state index < -0.39 is 5.97 Å². The second kappa shape index (κ2) is 6.74. The van der Waals surface area contributed by atoms with E-state index in [2.05, 4.69) is 5.32 Å². The zero-order valence-corrected chi connectivity index (χ0v) is 11.1. The highest BCUT2D eigenvalue weighted by Gasteiger charge is 2.32. The number of hydrogen-bond acceptors (Lipinski definition) is 3. The molecule has 0 aromatic heterocycles. The van der Waals surface area contributed by atoms with Gasteiger partial charge in [0.05, 0.1) is 6.42 Å². The summed E-state index contributed by atoms with van der Waals surface area (Å²) in [6.07, 6.45) is 3.16. The number of carboxylic acids is 1. The number of carbonyl (C=O) groups excluding carboxylic acids is 1. The van der Waals surface area contributed by atoms with Crippen LogP contribution in [0, 0.1) is 5.92 Å². The number of aliphatic carboxylic acids is 1. The SMILES string of the molecule is CSCCC(C)NC(=O)N1CC(CC(=O)O)C1. The van der Waals surface area contributed by atoms with Gasteiger partial charge in [0.2, 0.25) is 0 Å². The molecule has 0 aromatic carbocycles. The summed E-state index contributed by atoms with van der Waals surface area (Å²) in [5.74, 6) is 0.367. The van der Waals surface area contributed by atoms with E-state index in [0.717, 1.165) is 12.2 Å². The largest absolute Gasteiger partial charge is 0.481 e. The predicted octanol–water partition coefficient (Wildman–Crippen LogP) is 1.24. The van der Waals surface area contributed by atoms with Crippen molar-refractivity contribution in [1.29, 1.82) is 0 Å². The Kier molecular flexibility index (Phi) is 5.61. The van der Waals surface area contributed by atoms with Gasteiger partial charge >= 0.3 is 12.0 Å². The van der Waals surface area contributed by atoms with Crippen molar-refractivity contribution in [1.82, 2.24) is 10.2 Å². The number of thioether (sulfide) groups is 1. The standard InChI is InChI=1S/C11H20N2O3S/c1-8(3-4-17-2)12-11(16)13-6-9(7-13)5-10(14)15/h8-9H,3-7H2,1-2H3,(H,12,16)(H,14,15). The van der Waals surface area contributed by atoms with Gasteiger partial charge in [-0.3, -0.25) is 4.79 Å². The molecule has 1 aliphatic heterocycles. The molecule has 0 bridgehead atoms. The molecule has 0 aromatic rings. The lowest BCUT2D eigenvalue weighted by Gasteiger charge is -2.39. The van der Waals surface area contributed by atoms with E-state index in [-0.39, 0.29) is 24.4 Å². The first-order chi connectivity index (χ1) is 8.02. The summed E-state index contributed by atoms with van der Waals surface area (Å²) in [6.45, 7) is 3.11. The lowest BCUT2D eigenvalue weighted by molar-refractivity contribution is -0.139. The van der Waals surface area contributed by atoms with Crippen LogP contribution < -0.4 is 5.32 Å². The van der Waals surface area contributed by atoms with Crippen LogP contribution in [0.2, 0.25) is 0 Å². The Hall–Kier alpha value is -0.910. The quantitative estimate of drug-likeness (QED) is 0.754. The van der Waals surface area contributed by atoms with Gasteiger partial charge in [-0.1, -0.05) is 0 Å². The zero-order valence-electron chi connectivity index (χ0n) is 10.3. The fraction of sp³-hybridized carbons (Fsp3) is 0.818. The van der Waals surface area contributed by atoms with Gasteiger partial charge in [-0.05, 0) is 25.4 Å². The minimum Gasteiger partial charge on any atom is -0.481 e. The molecule has 1 atom stereocenters. The first kappa shape index (κ1) is 14.2. The van der Waals surface area contributed by atoms with Gasteiger partial charge in [0.25, 0.3) is 0 Å². The van der Waals surface area contributed by atoms with Crippen LogP contribution in [0.1, 0.15) is 19.8 Å². The van der Waals surface area contributed by atoms with Crippen molar-refractivity contribution < 1.29 is 14.7 Å². The second-order valence-corrected chi connectivity index (χ2v) is 5.49. The van der Waals surface area contributed by atoms with Crippen molar-refractivity contribution in [3.05, 3.63) is 0 Å². The Morgan fingerprint density at radius 3 is 2.71 bits per heavy atom. The third kappa shape index (κ3) is 4.85. The molecule has 6 heteroatoms. The van der Waals surface area contributed by atoms with Crippen molar-refractivity contribution in [3.63, 3.8) is 0 Å². The molecule has 1 rings (SSSR count). The highest BCUT2D eigenvalue weighted by atomic mass is 32.2. The van der Waals surface area contributed by atoms with Gasteiger partial charge < -0.3 is 15.3 Å². The van der Waals surface area contributed by atoms with E-state index in [4.69, 9.17) is 5.11 Å². The van der Waals surface area contributed by atoms with E-state index in [1.54, 1.807) is 16.7 Å². The number of amides is 2. The molecule has 1 heterocycles. The Labute approximate surface area is 106 Å². The van der Waals surface area contributed by atoms with Crippen LogP contribution in [0.5, 0.6) is 0 Å². The molecule has 1 fully saturated rings. The van der Waals surface area contributed by atoms with Gasteiger partial charge in [0.15, 0.2) is 0 Å². The molecule has 0 spiro atoms. The molecule has 98 valence electrons. The number of nitrogens with zero attached hydrogens (tertiary/aromatic N) is 1. The minimum absolute atomic E-state index is 0.0692. The van der Waals surface area contributed by atoms with Crippen LogP contribution in [-0.2, 0) is 4.79 Å². The Bertz CT molecular complexity index is 280. The summed E-state index contributed by atoms with van der Waals surface area (Å²) in [6, 6.07) is 0.105. The third-order valence-corrected chi connectivity index (χ3v) is 3.48. The Balaban J connectivity index is 2.16. The molecule has 5 nitrogen and oxygen atoms in total. The monoisotopic (exact) mass is 260 g/mol. The number of rotatable bonds is 6. The first-order valence-corrected chi connectivity index (χ1v) is 7.18. The average molecular weight is 260 g/mol. The molecule has 2 N–H and O–H groups in total. The van der Waals surface area contributed by atoms with E-state index in [1.165, 1.54) is 0 Å². The van der Waals surface area contributed by atoms with Crippen LogP contribution in [0.4, 0.5) is 4.79 Å². The molecular weight excluding hydrogens is 240 g/mol. The normalized spacial score (nSPS) is 17.4. The van der Waals surface area contributed by atoms with Crippen LogP contribution in [0.3, 0.4) is 0 Å². The van der Waals surface area contributed by atoms with Crippen molar-refractivity contribution in [2.24, 2.45) is 5.92 Å². The Morgan fingerprint density at radius 1 is 1.53 bits per heavy atom. The minimum atomic E-state index is -0.789. The van der Waals surface area contributed by atoms with E-state index in [9.17, 15) is 9.59 Å². The molecular formula is C11H20N2O3S. The molecule has 1 unspecified atom stereocenters. The average Bonchev–Trinajstić information content (AvgIpc) is 2.19. The van der Waals surface area contributed by atoms with Gasteiger partial charge in [-0.25, -0.2) is 4.79 Å². The maximum absolute atomic E-state index is 11.7. The molecule has 1 aliphatic rings. The van der Waals surface area contributed by atoms with Gasteiger partial charge in [-0.2, -0.15) is 11.8 Å². The predicted molar refractivity (Wildman–Crippen MR) is 68.3 cm³/mol. The second-order valence-electron chi connectivity index (χ2n) is 4.50. The fourth-order valence-electron chi connectivity index (χ4n) is 1.78. The fourth-order valence-corrected chi connectivity index (χ4v) is 2.37. The van der Waals surface area contributed by atoms with E-state index in [0.29, 0.717) is 13.1 Å². The van der Waals surface area contributed by atoms with Crippen LogP contribution in [0.15, 0.2) is 0 Å². The molecule has 0 radical (unpaired) electrons. The van der Waals surface area contributed by atoms with Crippen LogP contribution in [-0.4, -0.2) is 53.1 Å². The van der Waals surface area contributed by atoms with E-state index >= 15 is 0 Å². The topological polar surface area (TPSA) is 69.6 Å². The summed E-state index contributed by atoms with van der Waals surface area (Å²) in [5.41, 5.74) is 0. The molecule has 0 saturated carbocycles. The van der Waals surface area contributed by atoms with Gasteiger partial charge in [-0.15, -0.1) is 0 Å². The maximum Gasteiger partial charge on any atom is 0.317 e. The summed E-state index contributed by atoms with van der Waals surface area (Å²) in [5, 5.41) is 11.5. The molecule has 0 aliphatic carbocycles. The zero-order chi connectivity index (χ0) is 12.8. The van der Waals surface area contributed by atoms with Crippen LogP contribution >= 0.6 is 11.8 Å². The summed E-state index contributed by atoms with van der Waals surface area (Å²) >= 11 is 1.76. The van der Waals surface area contributed by atoms with E-state index in [1.807, 2.05) is 13.2 Å². The van der Waals surface area contributed by atoms with Crippen molar-refractivity contribution >= 4 is 23.8 Å². The summed E-state index contributed by atoms with van der Waals surface area (Å²) in [7, 11) is 0. The maximum atomic E-state index is 11.7. The smallest absolute Gasteiger partial charge is 0.317 e. The number of nitrogens with one attached hydrogen (secondary N) is 1. The number of carbonyl (C=O) groups is 2. The van der Waals surface area contributed by atoms with Crippen molar-refractivity contribution in [2.45, 2.75) is 25.8 Å². The van der Waals surface area contributed by atoms with Crippen molar-refractivity contribution in [3.8, 4) is 0 Å². The third-order valence-electron chi connectivity index (χ3n) is 2.83. The highest BCUT2D eigenvalue weighted by Crippen LogP contribution is 2.19. The lowest BCUT2D eigenvalue weighted by Crippen LogP contribution is -2.55. The highest BCUT2D eigenvalue weighted by molar-refractivity contribution is 7.98. The van der Waals surface area contributed by atoms with Crippen molar-refractivity contribution in [2.75, 3.05) is 25.1 Å². The Morgan fingerprint density at radius 2 is 2.18 bits per heavy atom. The number of likely N-dealkylation sites (tertiary alicyclic amines) is 1. The first-order valence-electron chi connectivity index (χ1n) is 5.79. The summed E-state index contributed by atoms with van der Waals surface area (Å²) < 4.78 is 0. The summed E-state index contributed by atoms with van der Waals surface area (Å²) in [4.78, 5) is 23.8. The number of carboxylic acid groups (broad SMARTS) is 1.